The number of nitrogens with zero attached hydrogens (tertiary/aromatic N) is 3. The summed E-state index contributed by atoms with van der Waals surface area (Å²) in [5, 5.41) is 8.64. The van der Waals surface area contributed by atoms with E-state index in [2.05, 4.69) is 59.7 Å². The highest BCUT2D eigenvalue weighted by molar-refractivity contribution is 5.88. The van der Waals surface area contributed by atoms with Gasteiger partial charge in [0.05, 0.1) is 17.5 Å². The maximum atomic E-state index is 12.8. The maximum Gasteiger partial charge on any atom is 0.274 e. The molecule has 33 heavy (non-hydrogen) atoms. The number of aryl methyl sites for hydroxylation is 1. The summed E-state index contributed by atoms with van der Waals surface area (Å²) in [6.45, 7) is 1.31. The van der Waals surface area contributed by atoms with Gasteiger partial charge in [0.15, 0.2) is 0 Å². The molecule has 0 radical (unpaired) electrons. The predicted octanol–water partition coefficient (Wildman–Crippen LogP) is 3.52. The number of aromatic nitrogens is 2. The Bertz CT molecular complexity index is 1340. The Labute approximate surface area is 193 Å². The Morgan fingerprint density at radius 3 is 2.33 bits per heavy atom. The zero-order valence-electron chi connectivity index (χ0n) is 19.2. The van der Waals surface area contributed by atoms with Crippen molar-refractivity contribution in [1.29, 1.82) is 0 Å². The smallest absolute Gasteiger partial charge is 0.274 e. The van der Waals surface area contributed by atoms with Crippen molar-refractivity contribution >= 4 is 16.7 Å². The van der Waals surface area contributed by atoms with Crippen molar-refractivity contribution in [2.45, 2.75) is 19.5 Å². The summed E-state index contributed by atoms with van der Waals surface area (Å²) in [4.78, 5) is 27.2. The van der Waals surface area contributed by atoms with E-state index in [1.165, 1.54) is 10.2 Å². The number of fused-ring (bicyclic) bond motifs is 1. The Kier molecular flexibility index (Phi) is 6.66. The van der Waals surface area contributed by atoms with Crippen molar-refractivity contribution in [3.63, 3.8) is 0 Å². The minimum absolute atomic E-state index is 0.107. The van der Waals surface area contributed by atoms with Gasteiger partial charge in [-0.3, -0.25) is 9.59 Å². The second-order valence-electron chi connectivity index (χ2n) is 8.47. The molecule has 0 aliphatic heterocycles. The fourth-order valence-corrected chi connectivity index (χ4v) is 4.03. The molecule has 0 aliphatic rings. The van der Waals surface area contributed by atoms with Crippen LogP contribution in [0.1, 0.15) is 16.8 Å². The Morgan fingerprint density at radius 2 is 1.61 bits per heavy atom. The summed E-state index contributed by atoms with van der Waals surface area (Å²) < 4.78 is 1.29. The molecule has 4 aromatic rings. The van der Waals surface area contributed by atoms with Gasteiger partial charge < -0.3 is 10.2 Å². The summed E-state index contributed by atoms with van der Waals surface area (Å²) in [6.07, 6.45) is 0.107. The number of rotatable bonds is 7. The minimum atomic E-state index is -0.166. The molecule has 4 rings (SSSR count). The summed E-state index contributed by atoms with van der Waals surface area (Å²) in [7, 11) is 5.72. The number of carbonyl (C=O) groups excluding carboxylic acids is 1. The first-order valence-corrected chi connectivity index (χ1v) is 11.0. The number of carbonyl (C=O) groups is 1. The lowest BCUT2D eigenvalue weighted by molar-refractivity contribution is -0.120. The molecule has 3 aromatic carbocycles. The number of hydrogen-bond acceptors (Lipinski definition) is 4. The van der Waals surface area contributed by atoms with Crippen LogP contribution in [0.25, 0.3) is 21.9 Å². The van der Waals surface area contributed by atoms with Gasteiger partial charge in [0.25, 0.3) is 5.56 Å². The molecule has 1 N–H and O–H groups in total. The molecule has 0 bridgehead atoms. The average molecular weight is 441 g/mol. The third-order valence-electron chi connectivity index (χ3n) is 5.62. The Morgan fingerprint density at radius 1 is 0.939 bits per heavy atom. The van der Waals surface area contributed by atoms with Crippen LogP contribution < -0.4 is 10.9 Å². The SMILES string of the molecule is CN(C)Cc1ccc(-c2ccccc2CNC(=O)Cc2nn(C)c(=O)c3ccccc23)cc1. The fraction of sp³-hybridized carbons (Fsp3) is 0.222. The molecule has 0 fully saturated rings. The highest BCUT2D eigenvalue weighted by Gasteiger charge is 2.13. The molecule has 1 heterocycles. The molecule has 1 aromatic heterocycles. The third kappa shape index (κ3) is 5.18. The number of nitrogens with one attached hydrogen (secondary N) is 1. The van der Waals surface area contributed by atoms with E-state index in [1.807, 2.05) is 36.4 Å². The summed E-state index contributed by atoms with van der Waals surface area (Å²) in [5.41, 5.74) is 4.94. The molecule has 0 unspecified atom stereocenters. The quantitative estimate of drug-likeness (QED) is 0.478. The van der Waals surface area contributed by atoms with E-state index in [0.29, 0.717) is 23.0 Å². The standard InChI is InChI=1S/C27H28N4O2/c1-30(2)18-19-12-14-20(15-13-19)22-9-5-4-8-21(22)17-28-26(32)16-25-23-10-6-7-11-24(23)27(33)31(3)29-25/h4-15H,16-18H2,1-3H3,(H,28,32). The lowest BCUT2D eigenvalue weighted by atomic mass is 9.98. The van der Waals surface area contributed by atoms with Crippen molar-refractivity contribution in [1.82, 2.24) is 20.0 Å². The van der Waals surface area contributed by atoms with Gasteiger partial charge in [-0.25, -0.2) is 4.68 Å². The van der Waals surface area contributed by atoms with Crippen molar-refractivity contribution in [2.24, 2.45) is 7.05 Å². The Hall–Kier alpha value is -3.77. The molecule has 0 spiro atoms. The van der Waals surface area contributed by atoms with E-state index in [9.17, 15) is 9.59 Å². The highest BCUT2D eigenvalue weighted by atomic mass is 16.1. The fourth-order valence-electron chi connectivity index (χ4n) is 4.03. The van der Waals surface area contributed by atoms with E-state index >= 15 is 0 Å². The van der Waals surface area contributed by atoms with Crippen molar-refractivity contribution in [3.8, 4) is 11.1 Å². The summed E-state index contributed by atoms with van der Waals surface area (Å²) in [6, 6.07) is 23.9. The normalized spacial score (nSPS) is 11.2. The molecule has 0 atom stereocenters. The van der Waals surface area contributed by atoms with E-state index in [0.717, 1.165) is 23.2 Å². The first-order valence-electron chi connectivity index (χ1n) is 11.0. The molecule has 0 saturated heterocycles. The van der Waals surface area contributed by atoms with Crippen LogP contribution in [0.15, 0.2) is 77.6 Å². The van der Waals surface area contributed by atoms with Crippen LogP contribution in [0.3, 0.4) is 0 Å². The van der Waals surface area contributed by atoms with Gasteiger partial charge in [-0.1, -0.05) is 66.7 Å². The van der Waals surface area contributed by atoms with Crippen LogP contribution in [0.5, 0.6) is 0 Å². The van der Waals surface area contributed by atoms with Crippen molar-refractivity contribution in [3.05, 3.63) is 100.0 Å². The van der Waals surface area contributed by atoms with Crippen LogP contribution >= 0.6 is 0 Å². The lowest BCUT2D eigenvalue weighted by Crippen LogP contribution is -2.28. The maximum absolute atomic E-state index is 12.8. The van der Waals surface area contributed by atoms with Crippen molar-refractivity contribution in [2.75, 3.05) is 14.1 Å². The molecule has 6 nitrogen and oxygen atoms in total. The van der Waals surface area contributed by atoms with Gasteiger partial charge in [-0.15, -0.1) is 0 Å². The van der Waals surface area contributed by atoms with E-state index in [4.69, 9.17) is 0 Å². The monoisotopic (exact) mass is 440 g/mol. The van der Waals surface area contributed by atoms with Gasteiger partial charge in [0.2, 0.25) is 5.91 Å². The van der Waals surface area contributed by atoms with Crippen LogP contribution in [-0.4, -0.2) is 34.7 Å². The van der Waals surface area contributed by atoms with E-state index < -0.39 is 0 Å². The van der Waals surface area contributed by atoms with E-state index in [1.54, 1.807) is 13.1 Å². The molecule has 6 heteroatoms. The van der Waals surface area contributed by atoms with Crippen molar-refractivity contribution < 1.29 is 4.79 Å². The first kappa shape index (κ1) is 22.4. The number of amides is 1. The molecule has 0 saturated carbocycles. The second-order valence-corrected chi connectivity index (χ2v) is 8.47. The second kappa shape index (κ2) is 9.79. The van der Waals surface area contributed by atoms with Gasteiger partial charge in [-0.2, -0.15) is 5.10 Å². The number of hydrogen-bond donors (Lipinski definition) is 1. The predicted molar refractivity (Wildman–Crippen MR) is 132 cm³/mol. The topological polar surface area (TPSA) is 67.2 Å². The van der Waals surface area contributed by atoms with Gasteiger partial charge in [0.1, 0.15) is 0 Å². The number of benzene rings is 3. The largest absolute Gasteiger partial charge is 0.352 e. The first-order chi connectivity index (χ1) is 15.9. The van der Waals surface area contributed by atoms with Gasteiger partial charge >= 0.3 is 0 Å². The molecule has 168 valence electrons. The highest BCUT2D eigenvalue weighted by Crippen LogP contribution is 2.24. The van der Waals surface area contributed by atoms with E-state index in [-0.39, 0.29) is 17.9 Å². The summed E-state index contributed by atoms with van der Waals surface area (Å²) in [5.74, 6) is -0.137. The molecule has 1 amide bonds. The summed E-state index contributed by atoms with van der Waals surface area (Å²) >= 11 is 0. The minimum Gasteiger partial charge on any atom is -0.352 e. The lowest BCUT2D eigenvalue weighted by Gasteiger charge is -2.13. The zero-order chi connectivity index (χ0) is 23.4. The zero-order valence-corrected chi connectivity index (χ0v) is 19.2. The molecule has 0 aliphatic carbocycles. The van der Waals surface area contributed by atoms with Crippen LogP contribution in [0.2, 0.25) is 0 Å². The van der Waals surface area contributed by atoms with Crippen LogP contribution in [0.4, 0.5) is 0 Å². The van der Waals surface area contributed by atoms with Gasteiger partial charge in [-0.05, 0) is 42.4 Å². The molecular weight excluding hydrogens is 412 g/mol. The van der Waals surface area contributed by atoms with Crippen LogP contribution in [0, 0.1) is 0 Å². The average Bonchev–Trinajstić information content (AvgIpc) is 2.81. The van der Waals surface area contributed by atoms with Gasteiger partial charge in [0, 0.05) is 25.5 Å². The Balaban J connectivity index is 1.50. The third-order valence-corrected chi connectivity index (χ3v) is 5.62. The molecular formula is C27H28N4O2. The van der Waals surface area contributed by atoms with Crippen LogP contribution in [-0.2, 0) is 31.4 Å².